The quantitative estimate of drug-likeness (QED) is 0.606. The topological polar surface area (TPSA) is 12.0 Å². The van der Waals surface area contributed by atoms with Crippen molar-refractivity contribution in [2.45, 2.75) is 26.3 Å². The minimum atomic E-state index is 0.234. The second-order valence-corrected chi connectivity index (χ2v) is 7.25. The molecule has 2 rings (SSSR count). The first kappa shape index (κ1) is 17.0. The molecule has 0 saturated heterocycles. The van der Waals surface area contributed by atoms with Crippen LogP contribution in [0, 0.1) is 6.92 Å². The molecular weight excluding hydrogens is 413 g/mol. The molecule has 0 aliphatic rings. The Hall–Kier alpha value is -0.350. The number of benzene rings is 2. The number of nitrogens with one attached hydrogen (secondary N) is 1. The fourth-order valence-electron chi connectivity index (χ4n) is 2.36. The number of hydrogen-bond acceptors (Lipinski definition) is 1. The number of hydrogen-bond donors (Lipinski definition) is 1. The van der Waals surface area contributed by atoms with Crippen LogP contribution in [0.25, 0.3) is 0 Å². The number of halogens is 3. The highest BCUT2D eigenvalue weighted by atomic mass is 79.9. The Kier molecular flexibility index (Phi) is 6.30. The van der Waals surface area contributed by atoms with Gasteiger partial charge in [0.15, 0.2) is 0 Å². The van der Waals surface area contributed by atoms with E-state index in [-0.39, 0.29) is 6.04 Å². The van der Waals surface area contributed by atoms with E-state index in [0.717, 1.165) is 26.9 Å². The molecule has 0 radical (unpaired) electrons. The summed E-state index contributed by atoms with van der Waals surface area (Å²) in [6.07, 6.45) is 0.868. The average molecular weight is 432 g/mol. The van der Waals surface area contributed by atoms with Crippen LogP contribution >= 0.6 is 43.5 Å². The van der Waals surface area contributed by atoms with E-state index in [1.807, 2.05) is 6.07 Å². The SMILES string of the molecule is CCNC(Cc1ccc(C)cc1Cl)c1ccc(Br)cc1Br. The molecule has 0 heterocycles. The van der Waals surface area contributed by atoms with Gasteiger partial charge in [0, 0.05) is 20.0 Å². The molecule has 2 aromatic rings. The van der Waals surface area contributed by atoms with E-state index in [1.165, 1.54) is 16.7 Å². The van der Waals surface area contributed by atoms with Crippen LogP contribution in [0.3, 0.4) is 0 Å². The Bertz CT molecular complexity index is 628. The zero-order valence-corrected chi connectivity index (χ0v) is 16.0. The summed E-state index contributed by atoms with van der Waals surface area (Å²) in [5, 5.41) is 4.38. The Morgan fingerprint density at radius 2 is 1.90 bits per heavy atom. The Labute approximate surface area is 148 Å². The van der Waals surface area contributed by atoms with Gasteiger partial charge in [0.25, 0.3) is 0 Å². The molecule has 1 nitrogen and oxygen atoms in total. The number of likely N-dealkylation sites (N-methyl/N-ethyl adjacent to an activating group) is 1. The lowest BCUT2D eigenvalue weighted by atomic mass is 9.98. The first-order valence-electron chi connectivity index (χ1n) is 6.94. The molecule has 0 saturated carbocycles. The maximum Gasteiger partial charge on any atom is 0.0441 e. The van der Waals surface area contributed by atoms with Gasteiger partial charge in [0.1, 0.15) is 0 Å². The van der Waals surface area contributed by atoms with Crippen LogP contribution in [0.4, 0.5) is 0 Å². The Morgan fingerprint density at radius 3 is 2.52 bits per heavy atom. The number of aryl methyl sites for hydroxylation is 1. The smallest absolute Gasteiger partial charge is 0.0441 e. The lowest BCUT2D eigenvalue weighted by Gasteiger charge is -2.21. The van der Waals surface area contributed by atoms with Crippen LogP contribution < -0.4 is 5.32 Å². The highest BCUT2D eigenvalue weighted by Crippen LogP contribution is 2.30. The lowest BCUT2D eigenvalue weighted by Crippen LogP contribution is -2.23. The van der Waals surface area contributed by atoms with Gasteiger partial charge in [0.2, 0.25) is 0 Å². The van der Waals surface area contributed by atoms with Gasteiger partial charge >= 0.3 is 0 Å². The summed E-state index contributed by atoms with van der Waals surface area (Å²) >= 11 is 13.5. The summed E-state index contributed by atoms with van der Waals surface area (Å²) in [7, 11) is 0. The first-order valence-corrected chi connectivity index (χ1v) is 8.91. The van der Waals surface area contributed by atoms with E-state index >= 15 is 0 Å². The standard InChI is InChI=1S/C17H18Br2ClN/c1-3-21-17(14-7-6-13(18)10-15(14)19)9-12-5-4-11(2)8-16(12)20/h4-8,10,17,21H,3,9H2,1-2H3. The van der Waals surface area contributed by atoms with Gasteiger partial charge < -0.3 is 5.32 Å². The van der Waals surface area contributed by atoms with E-state index in [2.05, 4.69) is 81.4 Å². The van der Waals surface area contributed by atoms with Crippen molar-refractivity contribution in [2.24, 2.45) is 0 Å². The van der Waals surface area contributed by atoms with E-state index in [9.17, 15) is 0 Å². The molecule has 0 aromatic heterocycles. The van der Waals surface area contributed by atoms with Gasteiger partial charge in [-0.05, 0) is 54.8 Å². The summed E-state index contributed by atoms with van der Waals surface area (Å²) < 4.78 is 2.17. The van der Waals surface area contributed by atoms with Gasteiger partial charge in [-0.3, -0.25) is 0 Å². The predicted octanol–water partition coefficient (Wildman–Crippen LogP) is 6.07. The Morgan fingerprint density at radius 1 is 1.14 bits per heavy atom. The second kappa shape index (κ2) is 7.77. The molecule has 21 heavy (non-hydrogen) atoms. The van der Waals surface area contributed by atoms with E-state index < -0.39 is 0 Å². The van der Waals surface area contributed by atoms with Gasteiger partial charge in [-0.15, -0.1) is 0 Å². The van der Waals surface area contributed by atoms with Crippen LogP contribution in [0.5, 0.6) is 0 Å². The molecule has 0 spiro atoms. The summed E-state index contributed by atoms with van der Waals surface area (Å²) in [5.41, 5.74) is 3.60. The molecular formula is C17H18Br2ClN. The fraction of sp³-hybridized carbons (Fsp3) is 0.294. The Balaban J connectivity index is 2.30. The molecule has 1 atom stereocenters. The van der Waals surface area contributed by atoms with Crippen LogP contribution in [-0.4, -0.2) is 6.54 Å². The van der Waals surface area contributed by atoms with Crippen molar-refractivity contribution in [3.63, 3.8) is 0 Å². The monoisotopic (exact) mass is 429 g/mol. The predicted molar refractivity (Wildman–Crippen MR) is 98.2 cm³/mol. The zero-order valence-electron chi connectivity index (χ0n) is 12.1. The normalized spacial score (nSPS) is 12.4. The van der Waals surface area contributed by atoms with Gasteiger partial charge in [0.05, 0.1) is 0 Å². The van der Waals surface area contributed by atoms with Crippen molar-refractivity contribution in [1.82, 2.24) is 5.32 Å². The minimum Gasteiger partial charge on any atom is -0.310 e. The first-order chi connectivity index (χ1) is 10.0. The van der Waals surface area contributed by atoms with Crippen molar-refractivity contribution < 1.29 is 0 Å². The minimum absolute atomic E-state index is 0.234. The third-order valence-corrected chi connectivity index (χ3v) is 4.95. The number of rotatable bonds is 5. The third kappa shape index (κ3) is 4.56. The van der Waals surface area contributed by atoms with Crippen molar-refractivity contribution in [2.75, 3.05) is 6.54 Å². The summed E-state index contributed by atoms with van der Waals surface area (Å²) in [6, 6.07) is 12.8. The van der Waals surface area contributed by atoms with Gasteiger partial charge in [-0.1, -0.05) is 68.6 Å². The lowest BCUT2D eigenvalue weighted by molar-refractivity contribution is 0.548. The average Bonchev–Trinajstić information content (AvgIpc) is 2.41. The largest absolute Gasteiger partial charge is 0.310 e. The molecule has 0 amide bonds. The highest BCUT2D eigenvalue weighted by molar-refractivity contribution is 9.11. The summed E-state index contributed by atoms with van der Waals surface area (Å²) in [5.74, 6) is 0. The second-order valence-electron chi connectivity index (χ2n) is 5.08. The van der Waals surface area contributed by atoms with E-state index in [4.69, 9.17) is 11.6 Å². The zero-order chi connectivity index (χ0) is 15.4. The van der Waals surface area contributed by atoms with Gasteiger partial charge in [-0.25, -0.2) is 0 Å². The molecule has 0 fully saturated rings. The summed E-state index contributed by atoms with van der Waals surface area (Å²) in [4.78, 5) is 0. The molecule has 112 valence electrons. The summed E-state index contributed by atoms with van der Waals surface area (Å²) in [6.45, 7) is 5.09. The molecule has 2 aromatic carbocycles. The van der Waals surface area contributed by atoms with E-state index in [1.54, 1.807) is 0 Å². The highest BCUT2D eigenvalue weighted by Gasteiger charge is 2.16. The molecule has 0 aliphatic carbocycles. The van der Waals surface area contributed by atoms with E-state index in [0.29, 0.717) is 0 Å². The molecule has 4 heteroatoms. The van der Waals surface area contributed by atoms with Crippen LogP contribution in [0.2, 0.25) is 5.02 Å². The maximum atomic E-state index is 6.38. The van der Waals surface area contributed by atoms with Crippen molar-refractivity contribution in [1.29, 1.82) is 0 Å². The van der Waals surface area contributed by atoms with Gasteiger partial charge in [-0.2, -0.15) is 0 Å². The molecule has 0 aliphatic heterocycles. The molecule has 1 N–H and O–H groups in total. The van der Waals surface area contributed by atoms with Crippen LogP contribution in [0.15, 0.2) is 45.3 Å². The maximum absolute atomic E-state index is 6.38. The van der Waals surface area contributed by atoms with Crippen molar-refractivity contribution in [3.05, 3.63) is 67.1 Å². The van der Waals surface area contributed by atoms with Crippen molar-refractivity contribution in [3.8, 4) is 0 Å². The molecule has 1 unspecified atom stereocenters. The molecule has 0 bridgehead atoms. The fourth-order valence-corrected chi connectivity index (χ4v) is 4.00. The van der Waals surface area contributed by atoms with Crippen molar-refractivity contribution >= 4 is 43.5 Å². The third-order valence-electron chi connectivity index (χ3n) is 3.42. The van der Waals surface area contributed by atoms with Crippen LogP contribution in [-0.2, 0) is 6.42 Å². The van der Waals surface area contributed by atoms with Crippen LogP contribution in [0.1, 0.15) is 29.7 Å².